The molecule has 2 saturated heterocycles. The number of hydrogen-bond acceptors (Lipinski definition) is 4. The number of hydrogen-bond donors (Lipinski definition) is 2. The van der Waals surface area contributed by atoms with Crippen LogP contribution >= 0.6 is 0 Å². The Morgan fingerprint density at radius 1 is 1.25 bits per heavy atom. The molecule has 1 atom stereocenters. The number of fused-ring (bicyclic) bond motifs is 1. The van der Waals surface area contributed by atoms with Gasteiger partial charge in [-0.15, -0.1) is 0 Å². The average molecular weight is 328 g/mol. The van der Waals surface area contributed by atoms with Gasteiger partial charge in [-0.3, -0.25) is 0 Å². The van der Waals surface area contributed by atoms with Crippen LogP contribution in [-0.4, -0.2) is 42.3 Å². The fourth-order valence-corrected chi connectivity index (χ4v) is 3.99. The fourth-order valence-electron chi connectivity index (χ4n) is 3.99. The van der Waals surface area contributed by atoms with E-state index in [1.165, 1.54) is 6.42 Å². The van der Waals surface area contributed by atoms with Crippen LogP contribution in [-0.2, 0) is 6.54 Å². The van der Waals surface area contributed by atoms with Gasteiger partial charge in [-0.05, 0) is 56.3 Å². The minimum absolute atomic E-state index is 0.00470. The molecule has 128 valence electrons. The molecular weight excluding hydrogens is 304 g/mol. The van der Waals surface area contributed by atoms with E-state index in [-0.39, 0.29) is 6.03 Å². The minimum atomic E-state index is 0.00470. The first-order chi connectivity index (χ1) is 11.8. The Bertz CT molecular complexity index is 700. The van der Waals surface area contributed by atoms with E-state index in [0.717, 1.165) is 67.5 Å². The lowest BCUT2D eigenvalue weighted by molar-refractivity contribution is 0.153. The van der Waals surface area contributed by atoms with Gasteiger partial charge in [0, 0.05) is 18.5 Å². The summed E-state index contributed by atoms with van der Waals surface area (Å²) in [4.78, 5) is 14.3. The molecular formula is C18H24N4O2. The molecule has 2 N–H and O–H groups in total. The molecule has 0 spiro atoms. The Hall–Kier alpha value is -2.08. The molecule has 1 aromatic carbocycles. The van der Waals surface area contributed by atoms with E-state index in [1.54, 1.807) is 0 Å². The van der Waals surface area contributed by atoms with Crippen molar-refractivity contribution < 1.29 is 9.32 Å². The lowest BCUT2D eigenvalue weighted by atomic mass is 9.84. The van der Waals surface area contributed by atoms with Crippen molar-refractivity contribution in [3.8, 4) is 0 Å². The normalized spacial score (nSPS) is 22.2. The number of nitrogens with zero attached hydrogens (tertiary/aromatic N) is 2. The van der Waals surface area contributed by atoms with Crippen LogP contribution < -0.4 is 10.6 Å². The van der Waals surface area contributed by atoms with Crippen molar-refractivity contribution in [1.29, 1.82) is 0 Å². The maximum atomic E-state index is 12.4. The Kier molecular flexibility index (Phi) is 4.38. The number of amides is 2. The molecule has 6 heteroatoms. The minimum Gasteiger partial charge on any atom is -0.356 e. The molecule has 3 heterocycles. The molecule has 6 nitrogen and oxygen atoms in total. The molecule has 24 heavy (non-hydrogen) atoms. The molecule has 1 aromatic heterocycles. The number of carbonyl (C=O) groups is 1. The van der Waals surface area contributed by atoms with Crippen molar-refractivity contribution >= 4 is 17.0 Å². The molecule has 2 aliphatic rings. The van der Waals surface area contributed by atoms with E-state index in [9.17, 15) is 4.79 Å². The number of urea groups is 1. The molecule has 0 bridgehead atoms. The van der Waals surface area contributed by atoms with E-state index in [0.29, 0.717) is 6.54 Å². The molecule has 2 amide bonds. The summed E-state index contributed by atoms with van der Waals surface area (Å²) in [5.74, 6) is 1.57. The molecule has 0 saturated carbocycles. The third-order valence-corrected chi connectivity index (χ3v) is 5.45. The molecule has 4 rings (SSSR count). The summed E-state index contributed by atoms with van der Waals surface area (Å²) in [5.41, 5.74) is 1.54. The number of rotatable bonds is 3. The van der Waals surface area contributed by atoms with Gasteiger partial charge in [0.1, 0.15) is 5.69 Å². The second kappa shape index (κ2) is 6.81. The lowest BCUT2D eigenvalue weighted by Gasteiger charge is -2.34. The van der Waals surface area contributed by atoms with E-state index in [1.807, 2.05) is 29.2 Å². The number of nitrogens with one attached hydrogen (secondary N) is 2. The Labute approximate surface area is 141 Å². The highest BCUT2D eigenvalue weighted by Crippen LogP contribution is 2.29. The predicted octanol–water partition coefficient (Wildman–Crippen LogP) is 2.36. The van der Waals surface area contributed by atoms with Crippen molar-refractivity contribution in [3.05, 3.63) is 30.0 Å². The van der Waals surface area contributed by atoms with Crippen LogP contribution in [0.15, 0.2) is 28.8 Å². The Morgan fingerprint density at radius 2 is 2.08 bits per heavy atom. The van der Waals surface area contributed by atoms with Crippen LogP contribution in [0.2, 0.25) is 0 Å². The van der Waals surface area contributed by atoms with Gasteiger partial charge in [-0.1, -0.05) is 17.3 Å². The van der Waals surface area contributed by atoms with Gasteiger partial charge in [-0.2, -0.15) is 0 Å². The SMILES string of the molecule is O=C(NCc1noc2ccccc12)N1CCC(C2CCNC2)CC1. The van der Waals surface area contributed by atoms with Gasteiger partial charge in [0.25, 0.3) is 0 Å². The highest BCUT2D eigenvalue weighted by atomic mass is 16.5. The summed E-state index contributed by atoms with van der Waals surface area (Å²) in [6.07, 6.45) is 3.52. The second-order valence-electron chi connectivity index (χ2n) is 6.86. The van der Waals surface area contributed by atoms with Crippen molar-refractivity contribution in [1.82, 2.24) is 20.7 Å². The molecule has 2 fully saturated rings. The fraction of sp³-hybridized carbons (Fsp3) is 0.556. The van der Waals surface area contributed by atoms with Gasteiger partial charge in [0.2, 0.25) is 0 Å². The first-order valence-corrected chi connectivity index (χ1v) is 8.88. The van der Waals surface area contributed by atoms with Crippen LogP contribution in [0.1, 0.15) is 25.0 Å². The zero-order chi connectivity index (χ0) is 16.4. The summed E-state index contributed by atoms with van der Waals surface area (Å²) in [5, 5.41) is 11.5. The number of piperidine rings is 1. The third kappa shape index (κ3) is 3.11. The number of para-hydroxylation sites is 1. The smallest absolute Gasteiger partial charge is 0.317 e. The van der Waals surface area contributed by atoms with Crippen LogP contribution in [0.25, 0.3) is 11.0 Å². The topological polar surface area (TPSA) is 70.4 Å². The van der Waals surface area contributed by atoms with Gasteiger partial charge < -0.3 is 20.1 Å². The number of aromatic nitrogens is 1. The summed E-state index contributed by atoms with van der Waals surface area (Å²) < 4.78 is 5.28. The zero-order valence-corrected chi connectivity index (χ0v) is 13.8. The van der Waals surface area contributed by atoms with Gasteiger partial charge in [0.15, 0.2) is 5.58 Å². The quantitative estimate of drug-likeness (QED) is 0.907. The molecule has 2 aromatic rings. The maximum Gasteiger partial charge on any atom is 0.317 e. The maximum absolute atomic E-state index is 12.4. The molecule has 0 radical (unpaired) electrons. The summed E-state index contributed by atoms with van der Waals surface area (Å²) in [6, 6.07) is 7.73. The predicted molar refractivity (Wildman–Crippen MR) is 91.5 cm³/mol. The van der Waals surface area contributed by atoms with Crippen LogP contribution in [0.4, 0.5) is 4.79 Å². The Morgan fingerprint density at radius 3 is 2.88 bits per heavy atom. The average Bonchev–Trinajstić information content (AvgIpc) is 3.30. The summed E-state index contributed by atoms with van der Waals surface area (Å²) in [7, 11) is 0. The monoisotopic (exact) mass is 328 g/mol. The van der Waals surface area contributed by atoms with E-state index in [4.69, 9.17) is 4.52 Å². The van der Waals surface area contributed by atoms with E-state index >= 15 is 0 Å². The third-order valence-electron chi connectivity index (χ3n) is 5.45. The van der Waals surface area contributed by atoms with Crippen molar-refractivity contribution in [2.75, 3.05) is 26.2 Å². The summed E-state index contributed by atoms with van der Waals surface area (Å²) >= 11 is 0. The highest BCUT2D eigenvalue weighted by molar-refractivity contribution is 5.80. The largest absolute Gasteiger partial charge is 0.356 e. The number of likely N-dealkylation sites (tertiary alicyclic amines) is 1. The van der Waals surface area contributed by atoms with Crippen molar-refractivity contribution in [3.63, 3.8) is 0 Å². The van der Waals surface area contributed by atoms with Gasteiger partial charge in [-0.25, -0.2) is 4.79 Å². The van der Waals surface area contributed by atoms with Crippen molar-refractivity contribution in [2.45, 2.75) is 25.8 Å². The molecule has 2 aliphatic heterocycles. The number of carbonyl (C=O) groups excluding carboxylic acids is 1. The standard InChI is InChI=1S/C18H24N4O2/c23-18(20-12-16-15-3-1-2-4-17(15)24-21-16)22-9-6-13(7-10-22)14-5-8-19-11-14/h1-4,13-14,19H,5-12H2,(H,20,23). The van der Waals surface area contributed by atoms with Crippen LogP contribution in [0.5, 0.6) is 0 Å². The van der Waals surface area contributed by atoms with E-state index in [2.05, 4.69) is 15.8 Å². The number of benzene rings is 1. The van der Waals surface area contributed by atoms with Crippen LogP contribution in [0.3, 0.4) is 0 Å². The van der Waals surface area contributed by atoms with Gasteiger partial charge >= 0.3 is 6.03 Å². The van der Waals surface area contributed by atoms with Gasteiger partial charge in [0.05, 0.1) is 6.54 Å². The first-order valence-electron chi connectivity index (χ1n) is 8.88. The van der Waals surface area contributed by atoms with Crippen molar-refractivity contribution in [2.24, 2.45) is 11.8 Å². The second-order valence-corrected chi connectivity index (χ2v) is 6.86. The lowest BCUT2D eigenvalue weighted by Crippen LogP contribution is -2.45. The van der Waals surface area contributed by atoms with E-state index < -0.39 is 0 Å². The van der Waals surface area contributed by atoms with Crippen LogP contribution in [0, 0.1) is 11.8 Å². The molecule has 1 unspecified atom stereocenters. The molecule has 0 aliphatic carbocycles. The summed E-state index contributed by atoms with van der Waals surface area (Å²) in [6.45, 7) is 4.41. The zero-order valence-electron chi connectivity index (χ0n) is 13.8. The first kappa shape index (κ1) is 15.4. The highest BCUT2D eigenvalue weighted by Gasteiger charge is 2.30. The Balaban J connectivity index is 1.29.